The van der Waals surface area contributed by atoms with Gasteiger partial charge in [0.1, 0.15) is 0 Å². The number of nitrogens with one attached hydrogen (secondary N) is 1. The molecule has 3 nitrogen and oxygen atoms in total. The third-order valence-corrected chi connectivity index (χ3v) is 3.58. The topological polar surface area (TPSA) is 35.5 Å². The van der Waals surface area contributed by atoms with Gasteiger partial charge in [0.15, 0.2) is 0 Å². The van der Waals surface area contributed by atoms with Crippen LogP contribution in [0.15, 0.2) is 22.7 Å². The number of rotatable bonds is 8. The Hall–Kier alpha value is -0.580. The second-order valence-corrected chi connectivity index (χ2v) is 6.69. The summed E-state index contributed by atoms with van der Waals surface area (Å²) >= 11 is 3.55. The number of likely N-dealkylation sites (N-methyl/N-ethyl adjacent to an activating group) is 1. The number of hydrogen-bond acceptors (Lipinski definition) is 3. The van der Waals surface area contributed by atoms with Crippen molar-refractivity contribution in [3.8, 4) is 0 Å². The van der Waals surface area contributed by atoms with E-state index in [4.69, 9.17) is 0 Å². The monoisotopic (exact) mass is 342 g/mol. The maximum absolute atomic E-state index is 10.1. The lowest BCUT2D eigenvalue weighted by atomic mass is 10.1. The molecule has 4 heteroatoms. The maximum Gasteiger partial charge on any atom is 0.0765 e. The lowest BCUT2D eigenvalue weighted by Gasteiger charge is -2.31. The Bertz CT molecular complexity index is 415. The molecule has 0 aromatic heterocycles. The van der Waals surface area contributed by atoms with Crippen LogP contribution >= 0.6 is 15.9 Å². The minimum Gasteiger partial charge on any atom is -0.389 e. The van der Waals surface area contributed by atoms with Gasteiger partial charge in [-0.15, -0.1) is 0 Å². The van der Waals surface area contributed by atoms with Gasteiger partial charge in [-0.1, -0.05) is 28.9 Å². The fraction of sp³-hybridized carbons (Fsp3) is 0.625. The molecule has 0 bridgehead atoms. The number of hydrogen-bond donors (Lipinski definition) is 2. The van der Waals surface area contributed by atoms with E-state index in [0.717, 1.165) is 30.5 Å². The predicted molar refractivity (Wildman–Crippen MR) is 90.3 cm³/mol. The maximum atomic E-state index is 10.1. The molecule has 1 rings (SSSR count). The molecule has 0 aliphatic heterocycles. The fourth-order valence-corrected chi connectivity index (χ4v) is 2.56. The van der Waals surface area contributed by atoms with Crippen molar-refractivity contribution in [2.75, 3.05) is 24.5 Å². The molecule has 114 valence electrons. The van der Waals surface area contributed by atoms with Gasteiger partial charge in [0.05, 0.1) is 5.60 Å². The molecule has 0 radical (unpaired) electrons. The summed E-state index contributed by atoms with van der Waals surface area (Å²) in [4.78, 5) is 2.23. The Balaban J connectivity index is 2.96. The molecule has 1 aromatic rings. The third kappa shape index (κ3) is 5.81. The van der Waals surface area contributed by atoms with Crippen molar-refractivity contribution in [3.63, 3.8) is 0 Å². The molecule has 20 heavy (non-hydrogen) atoms. The van der Waals surface area contributed by atoms with E-state index in [0.29, 0.717) is 6.54 Å². The molecule has 0 aliphatic rings. The molecule has 1 aromatic carbocycles. The quantitative estimate of drug-likeness (QED) is 0.709. The molecular weight excluding hydrogens is 316 g/mol. The van der Waals surface area contributed by atoms with Crippen molar-refractivity contribution in [2.45, 2.75) is 46.3 Å². The zero-order valence-electron chi connectivity index (χ0n) is 13.0. The van der Waals surface area contributed by atoms with Crippen LogP contribution in [0.1, 0.15) is 39.7 Å². The van der Waals surface area contributed by atoms with Gasteiger partial charge >= 0.3 is 0 Å². The summed E-state index contributed by atoms with van der Waals surface area (Å²) in [5.74, 6) is 0. The van der Waals surface area contributed by atoms with Gasteiger partial charge in [0, 0.05) is 29.8 Å². The molecule has 0 unspecified atom stereocenters. The molecule has 0 spiro atoms. The van der Waals surface area contributed by atoms with Crippen molar-refractivity contribution in [1.29, 1.82) is 0 Å². The van der Waals surface area contributed by atoms with Crippen LogP contribution in [0, 0.1) is 0 Å². The lowest BCUT2D eigenvalue weighted by molar-refractivity contribution is 0.0875. The highest BCUT2D eigenvalue weighted by atomic mass is 79.9. The van der Waals surface area contributed by atoms with Crippen molar-refractivity contribution in [2.24, 2.45) is 0 Å². The molecule has 0 heterocycles. The van der Waals surface area contributed by atoms with Gasteiger partial charge < -0.3 is 15.3 Å². The summed E-state index contributed by atoms with van der Waals surface area (Å²) in [6.07, 6.45) is 1.13. The predicted octanol–water partition coefficient (Wildman–Crippen LogP) is 3.55. The number of halogens is 1. The Morgan fingerprint density at radius 1 is 1.30 bits per heavy atom. The summed E-state index contributed by atoms with van der Waals surface area (Å²) in [5.41, 5.74) is 1.76. The van der Waals surface area contributed by atoms with E-state index in [1.807, 2.05) is 13.8 Å². The zero-order chi connectivity index (χ0) is 15.2. The van der Waals surface area contributed by atoms with Crippen LogP contribution < -0.4 is 10.2 Å². The van der Waals surface area contributed by atoms with Gasteiger partial charge in [-0.3, -0.25) is 0 Å². The first-order valence-electron chi connectivity index (χ1n) is 7.34. The Morgan fingerprint density at radius 2 is 2.00 bits per heavy atom. The number of benzene rings is 1. The molecule has 0 amide bonds. The van der Waals surface area contributed by atoms with Crippen LogP contribution in [-0.2, 0) is 6.54 Å². The zero-order valence-corrected chi connectivity index (χ0v) is 14.6. The van der Waals surface area contributed by atoms with Crippen LogP contribution in [0.2, 0.25) is 0 Å². The van der Waals surface area contributed by atoms with Crippen LogP contribution in [0.3, 0.4) is 0 Å². The molecule has 0 saturated heterocycles. The average Bonchev–Trinajstić information content (AvgIpc) is 2.37. The Morgan fingerprint density at radius 3 is 2.55 bits per heavy atom. The first kappa shape index (κ1) is 17.5. The normalized spacial score (nSPS) is 11.7. The first-order valence-corrected chi connectivity index (χ1v) is 8.13. The highest BCUT2D eigenvalue weighted by molar-refractivity contribution is 9.10. The van der Waals surface area contributed by atoms with Gasteiger partial charge in [-0.2, -0.15) is 0 Å². The largest absolute Gasteiger partial charge is 0.389 e. The molecule has 0 fully saturated rings. The van der Waals surface area contributed by atoms with Gasteiger partial charge in [0.25, 0.3) is 0 Å². The SMILES string of the molecule is CCCNCc1ccc(Br)cc1N(CC)CC(C)(C)O. The number of nitrogens with zero attached hydrogens (tertiary/aromatic N) is 1. The Labute approximate surface area is 131 Å². The van der Waals surface area contributed by atoms with E-state index in [9.17, 15) is 5.11 Å². The molecule has 0 saturated carbocycles. The van der Waals surface area contributed by atoms with Crippen molar-refractivity contribution >= 4 is 21.6 Å². The van der Waals surface area contributed by atoms with E-state index in [1.54, 1.807) is 0 Å². The average molecular weight is 343 g/mol. The van der Waals surface area contributed by atoms with E-state index in [1.165, 1.54) is 11.3 Å². The molecule has 0 aliphatic carbocycles. The van der Waals surface area contributed by atoms with Crippen molar-refractivity contribution < 1.29 is 5.11 Å². The van der Waals surface area contributed by atoms with E-state index in [2.05, 4.69) is 58.2 Å². The summed E-state index contributed by atoms with van der Waals surface area (Å²) in [6, 6.07) is 6.36. The third-order valence-electron chi connectivity index (χ3n) is 3.09. The van der Waals surface area contributed by atoms with Crippen LogP contribution in [0.4, 0.5) is 5.69 Å². The van der Waals surface area contributed by atoms with Gasteiger partial charge in [-0.05, 0) is 51.4 Å². The van der Waals surface area contributed by atoms with Crippen molar-refractivity contribution in [3.05, 3.63) is 28.2 Å². The van der Waals surface area contributed by atoms with Gasteiger partial charge in [-0.25, -0.2) is 0 Å². The fourth-order valence-electron chi connectivity index (χ4n) is 2.22. The van der Waals surface area contributed by atoms with E-state index < -0.39 is 5.60 Å². The van der Waals surface area contributed by atoms with E-state index in [-0.39, 0.29) is 0 Å². The minimum atomic E-state index is -0.702. The lowest BCUT2D eigenvalue weighted by Crippen LogP contribution is -2.39. The highest BCUT2D eigenvalue weighted by Crippen LogP contribution is 2.26. The summed E-state index contributed by atoms with van der Waals surface area (Å²) in [7, 11) is 0. The smallest absolute Gasteiger partial charge is 0.0765 e. The standard InChI is InChI=1S/C16H27BrN2O/c1-5-9-18-11-13-7-8-14(17)10-15(13)19(6-2)12-16(3,4)20/h7-8,10,18,20H,5-6,9,11-12H2,1-4H3. The van der Waals surface area contributed by atoms with Crippen LogP contribution in [0.5, 0.6) is 0 Å². The first-order chi connectivity index (χ1) is 9.37. The summed E-state index contributed by atoms with van der Waals surface area (Å²) in [6.45, 7) is 11.4. The van der Waals surface area contributed by atoms with Crippen LogP contribution in [0.25, 0.3) is 0 Å². The summed E-state index contributed by atoms with van der Waals surface area (Å²) < 4.78 is 1.07. The molecular formula is C16H27BrN2O. The minimum absolute atomic E-state index is 0.626. The van der Waals surface area contributed by atoms with Crippen LogP contribution in [-0.4, -0.2) is 30.3 Å². The number of aliphatic hydroxyl groups is 1. The second-order valence-electron chi connectivity index (χ2n) is 5.78. The molecule has 0 atom stereocenters. The molecule has 2 N–H and O–H groups in total. The summed E-state index contributed by atoms with van der Waals surface area (Å²) in [5, 5.41) is 13.5. The highest BCUT2D eigenvalue weighted by Gasteiger charge is 2.19. The van der Waals surface area contributed by atoms with Gasteiger partial charge in [0.2, 0.25) is 0 Å². The second kappa shape index (κ2) is 8.01. The van der Waals surface area contributed by atoms with E-state index >= 15 is 0 Å². The Kier molecular flexibility index (Phi) is 7.00. The number of anilines is 1. The van der Waals surface area contributed by atoms with Crippen molar-refractivity contribution in [1.82, 2.24) is 5.32 Å².